The first-order chi connectivity index (χ1) is 9.81. The lowest BCUT2D eigenvalue weighted by molar-refractivity contribution is 0.0499. The molecule has 0 saturated heterocycles. The molecule has 1 aliphatic carbocycles. The van der Waals surface area contributed by atoms with Crippen LogP contribution in [0.2, 0.25) is 0 Å². The van der Waals surface area contributed by atoms with Crippen molar-refractivity contribution in [1.82, 2.24) is 14.9 Å². The Hall–Kier alpha value is -1.52. The molecular weight excluding hydrogens is 266 g/mol. The molecule has 1 fully saturated rings. The third kappa shape index (κ3) is 4.22. The minimum atomic E-state index is -0.482. The predicted octanol–water partition coefficient (Wildman–Crippen LogP) is 3.83. The van der Waals surface area contributed by atoms with Crippen LogP contribution < -0.4 is 5.32 Å². The molecule has 2 rings (SSSR count). The number of carbonyl (C=O) groups excluding carboxylic acids is 1. The molecule has 1 unspecified atom stereocenters. The quantitative estimate of drug-likeness (QED) is 0.897. The minimum Gasteiger partial charge on any atom is -0.444 e. The maximum atomic E-state index is 12.0. The van der Waals surface area contributed by atoms with Crippen molar-refractivity contribution < 1.29 is 9.53 Å². The van der Waals surface area contributed by atoms with Crippen LogP contribution in [0.1, 0.15) is 71.7 Å². The van der Waals surface area contributed by atoms with E-state index in [0.29, 0.717) is 6.04 Å². The average molecular weight is 293 g/mol. The van der Waals surface area contributed by atoms with Gasteiger partial charge in [-0.25, -0.2) is 9.78 Å². The third-order valence-corrected chi connectivity index (χ3v) is 3.90. The molecule has 1 heterocycles. The average Bonchev–Trinajstić information content (AvgIpc) is 3.11. The molecule has 1 saturated carbocycles. The molecule has 1 aliphatic rings. The number of aromatic nitrogens is 2. The van der Waals surface area contributed by atoms with E-state index < -0.39 is 5.60 Å². The molecule has 0 aliphatic heterocycles. The highest BCUT2D eigenvalue weighted by molar-refractivity contribution is 5.68. The van der Waals surface area contributed by atoms with Gasteiger partial charge in [0.1, 0.15) is 5.60 Å². The van der Waals surface area contributed by atoms with Gasteiger partial charge in [-0.3, -0.25) is 0 Å². The number of imidazole rings is 1. The fourth-order valence-corrected chi connectivity index (χ4v) is 2.57. The number of nitrogens with zero attached hydrogens (tertiary/aromatic N) is 2. The second-order valence-corrected chi connectivity index (χ2v) is 6.91. The molecule has 0 spiro atoms. The Labute approximate surface area is 127 Å². The first-order valence-electron chi connectivity index (χ1n) is 7.83. The Morgan fingerprint density at radius 3 is 2.71 bits per heavy atom. The maximum Gasteiger partial charge on any atom is 0.408 e. The molecule has 0 radical (unpaired) electrons. The molecular formula is C16H27N3O2. The van der Waals surface area contributed by atoms with Gasteiger partial charge in [0, 0.05) is 6.04 Å². The number of hydrogen-bond donors (Lipinski definition) is 1. The molecule has 1 aromatic rings. The summed E-state index contributed by atoms with van der Waals surface area (Å²) in [5.74, 6) is 0.747. The van der Waals surface area contributed by atoms with Gasteiger partial charge in [-0.15, -0.1) is 0 Å². The Bertz CT molecular complexity index is 486. The van der Waals surface area contributed by atoms with Crippen molar-refractivity contribution in [2.24, 2.45) is 5.92 Å². The normalized spacial score (nSPS) is 18.1. The summed E-state index contributed by atoms with van der Waals surface area (Å²) in [6.07, 6.45) is 6.73. The van der Waals surface area contributed by atoms with Crippen LogP contribution in [0.15, 0.2) is 12.5 Å². The van der Waals surface area contributed by atoms with Crippen LogP contribution in [0.5, 0.6) is 0 Å². The van der Waals surface area contributed by atoms with Crippen LogP contribution in [0.4, 0.5) is 4.79 Å². The van der Waals surface area contributed by atoms with Crippen LogP contribution in [0, 0.1) is 5.92 Å². The van der Waals surface area contributed by atoms with Crippen molar-refractivity contribution >= 4 is 6.09 Å². The van der Waals surface area contributed by atoms with E-state index in [-0.39, 0.29) is 12.1 Å². The molecule has 21 heavy (non-hydrogen) atoms. The number of nitrogens with one attached hydrogen (secondary N) is 1. The zero-order valence-electron chi connectivity index (χ0n) is 13.7. The highest BCUT2D eigenvalue weighted by Crippen LogP contribution is 2.40. The fraction of sp³-hybridized carbons (Fsp3) is 0.750. The number of amides is 1. The topological polar surface area (TPSA) is 56.1 Å². The van der Waals surface area contributed by atoms with Crippen molar-refractivity contribution in [3.05, 3.63) is 18.2 Å². The summed E-state index contributed by atoms with van der Waals surface area (Å²) in [6, 6.07) is 0.375. The van der Waals surface area contributed by atoms with Gasteiger partial charge in [-0.05, 0) is 52.9 Å². The first-order valence-corrected chi connectivity index (χ1v) is 7.83. The van der Waals surface area contributed by atoms with Gasteiger partial charge in [0.2, 0.25) is 0 Å². The lowest BCUT2D eigenvalue weighted by Gasteiger charge is -2.25. The fourth-order valence-electron chi connectivity index (χ4n) is 2.57. The van der Waals surface area contributed by atoms with Crippen molar-refractivity contribution in [2.75, 3.05) is 0 Å². The van der Waals surface area contributed by atoms with Crippen LogP contribution in [0.25, 0.3) is 0 Å². The van der Waals surface area contributed by atoms with E-state index in [2.05, 4.69) is 28.7 Å². The van der Waals surface area contributed by atoms with Crippen LogP contribution in [-0.2, 0) is 4.74 Å². The van der Waals surface area contributed by atoms with Crippen molar-refractivity contribution in [1.29, 1.82) is 0 Å². The summed E-state index contributed by atoms with van der Waals surface area (Å²) in [5.41, 5.74) is 0.576. The number of carbonyl (C=O) groups is 1. The third-order valence-electron chi connectivity index (χ3n) is 3.90. The van der Waals surface area contributed by atoms with Crippen molar-refractivity contribution in [2.45, 2.75) is 71.6 Å². The van der Waals surface area contributed by atoms with E-state index in [1.54, 1.807) is 0 Å². The van der Waals surface area contributed by atoms with Gasteiger partial charge in [0.05, 0.1) is 24.3 Å². The van der Waals surface area contributed by atoms with Crippen LogP contribution in [-0.4, -0.2) is 21.2 Å². The lowest BCUT2D eigenvalue weighted by atomic mass is 10.1. The summed E-state index contributed by atoms with van der Waals surface area (Å²) in [6.45, 7) is 9.89. The number of ether oxygens (including phenoxy) is 1. The maximum absolute atomic E-state index is 12.0. The van der Waals surface area contributed by atoms with E-state index in [1.165, 1.54) is 12.8 Å². The second kappa shape index (κ2) is 6.08. The Morgan fingerprint density at radius 2 is 2.19 bits per heavy atom. The van der Waals surface area contributed by atoms with Gasteiger partial charge in [-0.2, -0.15) is 0 Å². The largest absolute Gasteiger partial charge is 0.444 e. The monoisotopic (exact) mass is 293 g/mol. The zero-order valence-corrected chi connectivity index (χ0v) is 13.7. The Morgan fingerprint density at radius 1 is 1.52 bits per heavy atom. The summed E-state index contributed by atoms with van der Waals surface area (Å²) >= 11 is 0. The summed E-state index contributed by atoms with van der Waals surface area (Å²) in [7, 11) is 0. The minimum absolute atomic E-state index is 0.0662. The molecule has 0 aromatic carbocycles. The SMILES string of the molecule is CC[C@@H](NC(=O)OC(C)(C)C)c1cncn1C(C)C1CC1. The molecule has 5 heteroatoms. The number of rotatable bonds is 5. The van der Waals surface area contributed by atoms with Crippen molar-refractivity contribution in [3.63, 3.8) is 0 Å². The van der Waals surface area contributed by atoms with Gasteiger partial charge < -0.3 is 14.6 Å². The molecule has 1 N–H and O–H groups in total. The zero-order chi connectivity index (χ0) is 15.6. The Kier molecular flexibility index (Phi) is 4.59. The highest BCUT2D eigenvalue weighted by atomic mass is 16.6. The van der Waals surface area contributed by atoms with Crippen LogP contribution in [0.3, 0.4) is 0 Å². The van der Waals surface area contributed by atoms with Gasteiger partial charge in [-0.1, -0.05) is 6.92 Å². The van der Waals surface area contributed by atoms with Crippen molar-refractivity contribution in [3.8, 4) is 0 Å². The summed E-state index contributed by atoms with van der Waals surface area (Å²) in [5, 5.41) is 2.96. The van der Waals surface area contributed by atoms with E-state index in [1.807, 2.05) is 33.3 Å². The van der Waals surface area contributed by atoms with E-state index >= 15 is 0 Å². The van der Waals surface area contributed by atoms with E-state index in [9.17, 15) is 4.79 Å². The molecule has 118 valence electrons. The van der Waals surface area contributed by atoms with Gasteiger partial charge in [0.25, 0.3) is 0 Å². The standard InChI is InChI=1S/C16H27N3O2/c1-6-13(18-15(20)21-16(3,4)5)14-9-17-10-19(14)11(2)12-7-8-12/h9-13H,6-8H2,1-5H3,(H,18,20)/t11?,13-/m1/s1. The van der Waals surface area contributed by atoms with E-state index in [0.717, 1.165) is 18.0 Å². The number of alkyl carbamates (subject to hydrolysis) is 1. The first kappa shape index (κ1) is 15.9. The molecule has 1 aromatic heterocycles. The summed E-state index contributed by atoms with van der Waals surface area (Å²) < 4.78 is 7.55. The van der Waals surface area contributed by atoms with E-state index in [4.69, 9.17) is 4.74 Å². The molecule has 2 atom stereocenters. The second-order valence-electron chi connectivity index (χ2n) is 6.91. The molecule has 1 amide bonds. The predicted molar refractivity (Wildman–Crippen MR) is 82.1 cm³/mol. The lowest BCUT2D eigenvalue weighted by Crippen LogP contribution is -2.35. The summed E-state index contributed by atoms with van der Waals surface area (Å²) in [4.78, 5) is 16.3. The molecule has 0 bridgehead atoms. The van der Waals surface area contributed by atoms with Crippen LogP contribution >= 0.6 is 0 Å². The highest BCUT2D eigenvalue weighted by Gasteiger charge is 2.31. The number of hydrogen-bond acceptors (Lipinski definition) is 3. The molecule has 5 nitrogen and oxygen atoms in total. The van der Waals surface area contributed by atoms with Gasteiger partial charge in [0.15, 0.2) is 0 Å². The Balaban J connectivity index is 2.07. The van der Waals surface area contributed by atoms with Gasteiger partial charge >= 0.3 is 6.09 Å². The smallest absolute Gasteiger partial charge is 0.408 e.